The Morgan fingerprint density at radius 1 is 1.30 bits per heavy atom. The van der Waals surface area contributed by atoms with Crippen molar-refractivity contribution in [2.45, 2.75) is 31.7 Å². The highest BCUT2D eigenvalue weighted by molar-refractivity contribution is 7.15. The van der Waals surface area contributed by atoms with Crippen LogP contribution in [-0.2, 0) is 17.9 Å². The van der Waals surface area contributed by atoms with Gasteiger partial charge in [-0.15, -0.1) is 16.4 Å². The molecule has 8 heteroatoms. The number of aromatic nitrogens is 4. The molecule has 1 aromatic carbocycles. The van der Waals surface area contributed by atoms with Gasteiger partial charge in [-0.2, -0.15) is 0 Å². The predicted octanol–water partition coefficient (Wildman–Crippen LogP) is 2.76. The molecule has 0 bridgehead atoms. The van der Waals surface area contributed by atoms with Crippen molar-refractivity contribution in [1.82, 2.24) is 24.9 Å². The quantitative estimate of drug-likeness (QED) is 0.690. The maximum absolute atomic E-state index is 6.07. The fourth-order valence-corrected chi connectivity index (χ4v) is 4.93. The maximum atomic E-state index is 6.07. The summed E-state index contributed by atoms with van der Waals surface area (Å²) in [7, 11) is 1.70. The molecule has 2 aromatic heterocycles. The highest BCUT2D eigenvalue weighted by Gasteiger charge is 2.36. The number of piperidine rings is 1. The van der Waals surface area contributed by atoms with E-state index in [0.717, 1.165) is 48.1 Å². The Kier molecular flexibility index (Phi) is 4.39. The topological polar surface area (TPSA) is 65.3 Å². The summed E-state index contributed by atoms with van der Waals surface area (Å²) in [5.74, 6) is 0.860. The van der Waals surface area contributed by atoms with E-state index in [1.165, 1.54) is 4.88 Å². The fourth-order valence-electron chi connectivity index (χ4n) is 3.94. The smallest absolute Gasteiger partial charge is 0.129 e. The Morgan fingerprint density at radius 3 is 3.15 bits per heavy atom. The van der Waals surface area contributed by atoms with Crippen molar-refractivity contribution in [3.05, 3.63) is 47.2 Å². The van der Waals surface area contributed by atoms with E-state index in [1.807, 2.05) is 24.4 Å². The van der Waals surface area contributed by atoms with Gasteiger partial charge in [0.2, 0.25) is 0 Å². The molecule has 2 aliphatic rings. The van der Waals surface area contributed by atoms with Gasteiger partial charge in [0.1, 0.15) is 10.8 Å². The normalized spacial score (nSPS) is 22.3. The van der Waals surface area contributed by atoms with Crippen molar-refractivity contribution >= 4 is 11.3 Å². The molecule has 2 aliphatic heterocycles. The summed E-state index contributed by atoms with van der Waals surface area (Å²) < 4.78 is 13.6. The van der Waals surface area contributed by atoms with Crippen molar-refractivity contribution < 1.29 is 9.47 Å². The molecule has 0 N–H and O–H groups in total. The Hall–Kier alpha value is -2.29. The van der Waals surface area contributed by atoms with Gasteiger partial charge in [0.25, 0.3) is 0 Å². The first-order valence-electron chi connectivity index (χ1n) is 9.13. The number of rotatable bonds is 4. The van der Waals surface area contributed by atoms with Gasteiger partial charge in [-0.05, 0) is 18.6 Å². The minimum absolute atomic E-state index is 0.176. The van der Waals surface area contributed by atoms with Crippen LogP contribution in [0.15, 0.2) is 36.7 Å². The largest absolute Gasteiger partial charge is 0.496 e. The van der Waals surface area contributed by atoms with Gasteiger partial charge in [0.15, 0.2) is 0 Å². The van der Waals surface area contributed by atoms with Gasteiger partial charge in [-0.25, -0.2) is 9.67 Å². The molecular weight excluding hydrogens is 362 g/mol. The van der Waals surface area contributed by atoms with Gasteiger partial charge < -0.3 is 9.47 Å². The maximum Gasteiger partial charge on any atom is 0.129 e. The van der Waals surface area contributed by atoms with E-state index in [1.54, 1.807) is 24.6 Å². The predicted molar refractivity (Wildman–Crippen MR) is 102 cm³/mol. The average molecular weight is 383 g/mol. The zero-order chi connectivity index (χ0) is 18.2. The average Bonchev–Trinajstić information content (AvgIpc) is 3.37. The molecule has 1 fully saturated rings. The van der Waals surface area contributed by atoms with Gasteiger partial charge in [0.05, 0.1) is 43.3 Å². The van der Waals surface area contributed by atoms with Crippen LogP contribution in [0.2, 0.25) is 0 Å². The summed E-state index contributed by atoms with van der Waals surface area (Å²) >= 11 is 1.73. The van der Waals surface area contributed by atoms with E-state index in [2.05, 4.69) is 30.9 Å². The minimum Gasteiger partial charge on any atom is -0.496 e. The van der Waals surface area contributed by atoms with Gasteiger partial charge >= 0.3 is 0 Å². The summed E-state index contributed by atoms with van der Waals surface area (Å²) in [6.07, 6.45) is 4.99. The van der Waals surface area contributed by atoms with Crippen molar-refractivity contribution in [3.63, 3.8) is 0 Å². The summed E-state index contributed by atoms with van der Waals surface area (Å²) in [4.78, 5) is 8.33. The molecule has 2 unspecified atom stereocenters. The summed E-state index contributed by atoms with van der Waals surface area (Å²) in [6, 6.07) is 8.32. The first-order valence-corrected chi connectivity index (χ1v) is 9.94. The van der Waals surface area contributed by atoms with Crippen LogP contribution in [0, 0.1) is 0 Å². The Balaban J connectivity index is 1.28. The van der Waals surface area contributed by atoms with Crippen LogP contribution in [0.1, 0.15) is 23.0 Å². The second-order valence-electron chi connectivity index (χ2n) is 6.94. The minimum atomic E-state index is 0.176. The molecule has 0 radical (unpaired) electrons. The number of thiazole rings is 1. The third-order valence-electron chi connectivity index (χ3n) is 5.29. The number of hydrogen-bond donors (Lipinski definition) is 0. The molecule has 7 nitrogen and oxygen atoms in total. The van der Waals surface area contributed by atoms with Crippen molar-refractivity contribution in [2.75, 3.05) is 20.2 Å². The lowest BCUT2D eigenvalue weighted by Crippen LogP contribution is -2.48. The Labute approximate surface area is 161 Å². The Morgan fingerprint density at radius 2 is 2.22 bits per heavy atom. The van der Waals surface area contributed by atoms with E-state index in [4.69, 9.17) is 9.47 Å². The molecule has 27 heavy (non-hydrogen) atoms. The summed E-state index contributed by atoms with van der Waals surface area (Å²) in [5.41, 5.74) is 2.12. The number of para-hydroxylation sites is 1. The van der Waals surface area contributed by atoms with E-state index in [9.17, 15) is 0 Å². The molecule has 140 valence electrons. The highest BCUT2D eigenvalue weighted by Crippen LogP contribution is 2.34. The molecule has 3 aromatic rings. The molecule has 0 amide bonds. The lowest BCUT2D eigenvalue weighted by atomic mass is 10.0. The van der Waals surface area contributed by atoms with E-state index in [0.29, 0.717) is 12.6 Å². The summed E-state index contributed by atoms with van der Waals surface area (Å²) in [6.45, 7) is 3.42. The van der Waals surface area contributed by atoms with Gasteiger partial charge in [-0.1, -0.05) is 17.3 Å². The van der Waals surface area contributed by atoms with Gasteiger partial charge in [-0.3, -0.25) is 4.90 Å². The molecule has 0 aliphatic carbocycles. The summed E-state index contributed by atoms with van der Waals surface area (Å²) in [5, 5.41) is 9.28. The monoisotopic (exact) mass is 383 g/mol. The van der Waals surface area contributed by atoms with Crippen LogP contribution in [0.25, 0.3) is 10.6 Å². The van der Waals surface area contributed by atoms with Crippen molar-refractivity contribution in [3.8, 4) is 16.3 Å². The molecule has 0 spiro atoms. The number of fused-ring (bicyclic) bond motifs is 3. The van der Waals surface area contributed by atoms with Gasteiger partial charge in [0, 0.05) is 30.7 Å². The number of methoxy groups -OCH3 is 1. The second-order valence-corrected chi connectivity index (χ2v) is 8.06. The van der Waals surface area contributed by atoms with E-state index < -0.39 is 0 Å². The van der Waals surface area contributed by atoms with Crippen LogP contribution in [-0.4, -0.2) is 51.2 Å². The number of benzene rings is 1. The van der Waals surface area contributed by atoms with E-state index >= 15 is 0 Å². The lowest BCUT2D eigenvalue weighted by Gasteiger charge is -2.40. The third kappa shape index (κ3) is 3.13. The SMILES string of the molecule is COc1ccccc1-c1ncc(CN2CCC3C(C2)OCc2cnnn23)s1. The third-order valence-corrected chi connectivity index (χ3v) is 6.30. The van der Waals surface area contributed by atoms with Crippen LogP contribution in [0.3, 0.4) is 0 Å². The zero-order valence-electron chi connectivity index (χ0n) is 15.1. The number of hydrogen-bond acceptors (Lipinski definition) is 7. The molecule has 0 saturated carbocycles. The number of ether oxygens (including phenoxy) is 2. The molecule has 5 rings (SSSR count). The number of nitrogens with zero attached hydrogens (tertiary/aromatic N) is 5. The molecule has 2 atom stereocenters. The van der Waals surface area contributed by atoms with Crippen LogP contribution in [0.5, 0.6) is 5.75 Å². The highest BCUT2D eigenvalue weighted by atomic mass is 32.1. The van der Waals surface area contributed by atoms with Crippen LogP contribution >= 0.6 is 11.3 Å². The first-order chi connectivity index (χ1) is 13.3. The fraction of sp³-hybridized carbons (Fsp3) is 0.421. The first kappa shape index (κ1) is 16.9. The molecular formula is C19H21N5O2S. The van der Waals surface area contributed by atoms with E-state index in [-0.39, 0.29) is 6.10 Å². The van der Waals surface area contributed by atoms with Crippen molar-refractivity contribution in [2.24, 2.45) is 0 Å². The lowest BCUT2D eigenvalue weighted by molar-refractivity contribution is -0.0702. The standard InChI is InChI=1S/C19H21N5O2S/c1-25-17-5-3-2-4-15(17)19-20-9-14(27-19)10-23-7-6-16-18(11-23)26-12-13-8-21-22-24(13)16/h2-5,8-9,16,18H,6-7,10-12H2,1H3. The second kappa shape index (κ2) is 7.03. The zero-order valence-corrected chi connectivity index (χ0v) is 15.9. The number of likely N-dealkylation sites (tertiary alicyclic amines) is 1. The molecule has 1 saturated heterocycles. The van der Waals surface area contributed by atoms with Crippen molar-refractivity contribution in [1.29, 1.82) is 0 Å². The molecule has 4 heterocycles. The Bertz CT molecular complexity index is 940. The van der Waals surface area contributed by atoms with Crippen LogP contribution < -0.4 is 4.74 Å². The van der Waals surface area contributed by atoms with Crippen LogP contribution in [0.4, 0.5) is 0 Å².